The van der Waals surface area contributed by atoms with E-state index in [1.165, 1.54) is 25.3 Å². The van der Waals surface area contributed by atoms with E-state index in [0.717, 1.165) is 6.42 Å². The highest BCUT2D eigenvalue weighted by Gasteiger charge is 2.25. The van der Waals surface area contributed by atoms with E-state index in [4.69, 9.17) is 9.15 Å². The Morgan fingerprint density at radius 1 is 1.33 bits per heavy atom. The number of nitrogens with one attached hydrogen (secondary N) is 1. The molecular weight excluding hydrogens is 350 g/mol. The smallest absolute Gasteiger partial charge is 0.289 e. The molecule has 0 spiro atoms. The second-order valence-electron chi connectivity index (χ2n) is 6.22. The van der Waals surface area contributed by atoms with Gasteiger partial charge in [-0.3, -0.25) is 14.4 Å². The fourth-order valence-electron chi connectivity index (χ4n) is 2.96. The second-order valence-corrected chi connectivity index (χ2v) is 6.22. The standard InChI is InChI=1S/C19H21N3O5/c1-21(19(25)15-5-4-10-27-15)12-17(23)20-13-7-8-14(16(11-13)26-2)22-9-3-6-18(22)24/h4-5,7-8,10-11H,3,6,9,12H2,1-2H3,(H,20,23). The number of rotatable bonds is 6. The van der Waals surface area contributed by atoms with E-state index in [1.54, 1.807) is 35.2 Å². The van der Waals surface area contributed by atoms with Crippen molar-refractivity contribution < 1.29 is 23.5 Å². The zero-order valence-electron chi connectivity index (χ0n) is 15.2. The van der Waals surface area contributed by atoms with Crippen LogP contribution in [0.2, 0.25) is 0 Å². The van der Waals surface area contributed by atoms with Crippen LogP contribution >= 0.6 is 0 Å². The highest BCUT2D eigenvalue weighted by atomic mass is 16.5. The van der Waals surface area contributed by atoms with E-state index in [0.29, 0.717) is 30.1 Å². The minimum absolute atomic E-state index is 0.0585. The van der Waals surface area contributed by atoms with Gasteiger partial charge in [0.25, 0.3) is 5.91 Å². The third-order valence-electron chi connectivity index (χ3n) is 4.29. The van der Waals surface area contributed by atoms with Crippen molar-refractivity contribution in [2.75, 3.05) is 37.5 Å². The Balaban J connectivity index is 1.65. The number of carbonyl (C=O) groups excluding carboxylic acids is 3. The molecule has 27 heavy (non-hydrogen) atoms. The number of likely N-dealkylation sites (N-methyl/N-ethyl adjacent to an activating group) is 1. The van der Waals surface area contributed by atoms with Crippen molar-refractivity contribution in [1.29, 1.82) is 0 Å². The first-order valence-corrected chi connectivity index (χ1v) is 8.57. The van der Waals surface area contributed by atoms with Crippen LogP contribution in [-0.4, -0.2) is 49.9 Å². The number of furan rings is 1. The van der Waals surface area contributed by atoms with Crippen LogP contribution in [0.3, 0.4) is 0 Å². The Labute approximate surface area is 156 Å². The molecular formula is C19H21N3O5. The Morgan fingerprint density at radius 3 is 2.78 bits per heavy atom. The molecule has 0 saturated carbocycles. The highest BCUT2D eigenvalue weighted by molar-refractivity contribution is 5.99. The van der Waals surface area contributed by atoms with E-state index in [9.17, 15) is 14.4 Å². The first kappa shape index (κ1) is 18.5. The quantitative estimate of drug-likeness (QED) is 0.840. The van der Waals surface area contributed by atoms with Crippen molar-refractivity contribution in [3.63, 3.8) is 0 Å². The van der Waals surface area contributed by atoms with E-state index >= 15 is 0 Å². The van der Waals surface area contributed by atoms with Crippen molar-refractivity contribution in [2.24, 2.45) is 0 Å². The lowest BCUT2D eigenvalue weighted by molar-refractivity contribution is -0.117. The molecule has 0 bridgehead atoms. The molecule has 0 unspecified atom stereocenters. The number of ether oxygens (including phenoxy) is 1. The summed E-state index contributed by atoms with van der Waals surface area (Å²) in [6, 6.07) is 8.26. The average Bonchev–Trinajstić information content (AvgIpc) is 3.32. The van der Waals surface area contributed by atoms with Gasteiger partial charge in [0.2, 0.25) is 11.8 Å². The van der Waals surface area contributed by atoms with Gasteiger partial charge in [0.1, 0.15) is 5.75 Å². The van der Waals surface area contributed by atoms with Gasteiger partial charge in [-0.05, 0) is 30.7 Å². The summed E-state index contributed by atoms with van der Waals surface area (Å²) in [6.07, 6.45) is 2.74. The molecule has 1 aromatic carbocycles. The van der Waals surface area contributed by atoms with E-state index in [1.807, 2.05) is 0 Å². The van der Waals surface area contributed by atoms with Crippen molar-refractivity contribution in [3.05, 3.63) is 42.4 Å². The van der Waals surface area contributed by atoms with Crippen LogP contribution in [0.1, 0.15) is 23.4 Å². The molecule has 142 valence electrons. The molecule has 0 atom stereocenters. The Hall–Kier alpha value is -3.29. The first-order valence-electron chi connectivity index (χ1n) is 8.57. The molecule has 2 aromatic rings. The van der Waals surface area contributed by atoms with Crippen molar-refractivity contribution >= 4 is 29.1 Å². The zero-order valence-corrected chi connectivity index (χ0v) is 15.2. The minimum Gasteiger partial charge on any atom is -0.494 e. The van der Waals surface area contributed by atoms with Gasteiger partial charge < -0.3 is 24.3 Å². The number of benzene rings is 1. The largest absolute Gasteiger partial charge is 0.494 e. The fraction of sp³-hybridized carbons (Fsp3) is 0.316. The van der Waals surface area contributed by atoms with Crippen LogP contribution in [0.15, 0.2) is 41.0 Å². The van der Waals surface area contributed by atoms with Crippen LogP contribution in [0, 0.1) is 0 Å². The van der Waals surface area contributed by atoms with Crippen LogP contribution in [0.4, 0.5) is 11.4 Å². The lowest BCUT2D eigenvalue weighted by Gasteiger charge is -2.20. The summed E-state index contributed by atoms with van der Waals surface area (Å²) >= 11 is 0. The van der Waals surface area contributed by atoms with E-state index < -0.39 is 0 Å². The molecule has 3 amide bonds. The van der Waals surface area contributed by atoms with Gasteiger partial charge in [0.15, 0.2) is 5.76 Å². The molecule has 2 heterocycles. The monoisotopic (exact) mass is 371 g/mol. The molecule has 1 aliphatic heterocycles. The molecule has 1 aliphatic rings. The van der Waals surface area contributed by atoms with Crippen molar-refractivity contribution in [1.82, 2.24) is 4.90 Å². The fourth-order valence-corrected chi connectivity index (χ4v) is 2.96. The predicted molar refractivity (Wildman–Crippen MR) is 98.9 cm³/mol. The molecule has 0 radical (unpaired) electrons. The number of carbonyl (C=O) groups is 3. The first-order chi connectivity index (χ1) is 13.0. The third kappa shape index (κ3) is 4.11. The summed E-state index contributed by atoms with van der Waals surface area (Å²) < 4.78 is 10.4. The summed E-state index contributed by atoms with van der Waals surface area (Å²) in [7, 11) is 3.04. The number of hydrogen-bond acceptors (Lipinski definition) is 5. The van der Waals surface area contributed by atoms with Gasteiger partial charge in [0.05, 0.1) is 25.6 Å². The predicted octanol–water partition coefficient (Wildman–Crippen LogP) is 2.13. The topological polar surface area (TPSA) is 92.1 Å². The molecule has 8 heteroatoms. The van der Waals surface area contributed by atoms with Gasteiger partial charge in [-0.2, -0.15) is 0 Å². The second kappa shape index (κ2) is 7.94. The van der Waals surface area contributed by atoms with Gasteiger partial charge in [-0.1, -0.05) is 0 Å². The summed E-state index contributed by atoms with van der Waals surface area (Å²) in [4.78, 5) is 39.3. The SMILES string of the molecule is COc1cc(NC(=O)CN(C)C(=O)c2ccco2)ccc1N1CCCC1=O. The summed E-state index contributed by atoms with van der Waals surface area (Å²) in [6.45, 7) is 0.523. The van der Waals surface area contributed by atoms with Gasteiger partial charge in [-0.15, -0.1) is 0 Å². The van der Waals surface area contributed by atoms with Crippen LogP contribution in [0.25, 0.3) is 0 Å². The Morgan fingerprint density at radius 2 is 2.15 bits per heavy atom. The van der Waals surface area contributed by atoms with Gasteiger partial charge in [0, 0.05) is 31.8 Å². The molecule has 8 nitrogen and oxygen atoms in total. The number of amides is 3. The molecule has 3 rings (SSSR count). The average molecular weight is 371 g/mol. The summed E-state index contributed by atoms with van der Waals surface area (Å²) in [5.74, 6) is -0.00194. The van der Waals surface area contributed by atoms with Crippen LogP contribution in [0.5, 0.6) is 5.75 Å². The number of nitrogens with zero attached hydrogens (tertiary/aromatic N) is 2. The number of anilines is 2. The van der Waals surface area contributed by atoms with Gasteiger partial charge >= 0.3 is 0 Å². The lowest BCUT2D eigenvalue weighted by atomic mass is 10.2. The minimum atomic E-state index is -0.379. The molecule has 1 saturated heterocycles. The van der Waals surface area contributed by atoms with Crippen LogP contribution in [-0.2, 0) is 9.59 Å². The number of hydrogen-bond donors (Lipinski definition) is 1. The normalized spacial score (nSPS) is 13.6. The van der Waals surface area contributed by atoms with Crippen molar-refractivity contribution in [2.45, 2.75) is 12.8 Å². The number of methoxy groups -OCH3 is 1. The maximum absolute atomic E-state index is 12.2. The van der Waals surface area contributed by atoms with Gasteiger partial charge in [-0.25, -0.2) is 0 Å². The highest BCUT2D eigenvalue weighted by Crippen LogP contribution is 2.33. The summed E-state index contributed by atoms with van der Waals surface area (Å²) in [5, 5.41) is 2.73. The molecule has 1 fully saturated rings. The Bertz CT molecular complexity index is 847. The van der Waals surface area contributed by atoms with E-state index in [2.05, 4.69) is 5.32 Å². The lowest BCUT2D eigenvalue weighted by Crippen LogP contribution is -2.34. The van der Waals surface area contributed by atoms with Crippen molar-refractivity contribution in [3.8, 4) is 5.75 Å². The maximum Gasteiger partial charge on any atom is 0.289 e. The summed E-state index contributed by atoms with van der Waals surface area (Å²) in [5.41, 5.74) is 1.20. The third-order valence-corrected chi connectivity index (χ3v) is 4.29. The zero-order chi connectivity index (χ0) is 19.4. The molecule has 0 aliphatic carbocycles. The Kier molecular flexibility index (Phi) is 5.44. The van der Waals surface area contributed by atoms with Crippen LogP contribution < -0.4 is 15.0 Å². The van der Waals surface area contributed by atoms with E-state index in [-0.39, 0.29) is 30.0 Å². The maximum atomic E-state index is 12.2. The molecule has 1 aromatic heterocycles. The molecule has 1 N–H and O–H groups in total.